The zero-order chi connectivity index (χ0) is 32.2. The smallest absolute Gasteiger partial charge is 0.508 e. The van der Waals surface area contributed by atoms with Crippen molar-refractivity contribution < 1.29 is 24.3 Å². The van der Waals surface area contributed by atoms with Gasteiger partial charge in [-0.2, -0.15) is 9.48 Å². The number of aromatic hydroxyl groups is 2. The second-order valence-electron chi connectivity index (χ2n) is 11.5. The van der Waals surface area contributed by atoms with Crippen molar-refractivity contribution in [1.29, 1.82) is 0 Å². The molecule has 0 spiro atoms. The number of quaternary nitrogens is 1. The van der Waals surface area contributed by atoms with E-state index in [0.29, 0.717) is 22.7 Å². The summed E-state index contributed by atoms with van der Waals surface area (Å²) in [4.78, 5) is 1.16. The Morgan fingerprint density at radius 1 is 0.717 bits per heavy atom. The molecule has 46 heavy (non-hydrogen) atoms. The summed E-state index contributed by atoms with van der Waals surface area (Å²) in [5, 5.41) is 41.2. The molecular formula is C34H39N10O2+3. The molecule has 1 unspecified atom stereocenters. The minimum Gasteiger partial charge on any atom is -0.508 e. The summed E-state index contributed by atoms with van der Waals surface area (Å²) in [5.41, 5.74) is 14.8. The topological polar surface area (TPSA) is 158 Å². The molecule has 1 aromatic heterocycles. The number of hydrogen-bond acceptors (Lipinski definition) is 8. The van der Waals surface area contributed by atoms with Gasteiger partial charge in [0, 0.05) is 38.0 Å². The first-order chi connectivity index (χ1) is 22.3. The maximum atomic E-state index is 9.88. The number of phenols is 2. The number of fused-ring (bicyclic) bond motifs is 2. The third kappa shape index (κ3) is 6.42. The van der Waals surface area contributed by atoms with Gasteiger partial charge in [-0.05, 0) is 85.0 Å². The molecule has 0 aliphatic carbocycles. The summed E-state index contributed by atoms with van der Waals surface area (Å²) in [6.45, 7) is 1.75. The highest BCUT2D eigenvalue weighted by Gasteiger charge is 2.30. The minimum absolute atomic E-state index is 0.162. The van der Waals surface area contributed by atoms with Crippen LogP contribution in [0.15, 0.2) is 106 Å². The van der Waals surface area contributed by atoms with Crippen LogP contribution in [0.1, 0.15) is 25.7 Å². The number of aromatic nitrogens is 2. The van der Waals surface area contributed by atoms with Gasteiger partial charge < -0.3 is 21.7 Å². The Kier molecular flexibility index (Phi) is 8.70. The van der Waals surface area contributed by atoms with Crippen molar-refractivity contribution in [2.24, 2.45) is 27.5 Å². The molecule has 12 heteroatoms. The van der Waals surface area contributed by atoms with E-state index in [1.54, 1.807) is 36.4 Å². The Morgan fingerprint density at radius 2 is 1.33 bits per heavy atom. The van der Waals surface area contributed by atoms with E-state index in [0.717, 1.165) is 77.1 Å². The summed E-state index contributed by atoms with van der Waals surface area (Å²) >= 11 is 0. The zero-order valence-electron chi connectivity index (χ0n) is 26.0. The summed E-state index contributed by atoms with van der Waals surface area (Å²) in [6.07, 6.45) is 12.4. The number of guanidine groups is 1. The quantitative estimate of drug-likeness (QED) is 0.0620. The van der Waals surface area contributed by atoms with Crippen molar-refractivity contribution >= 4 is 56.2 Å². The van der Waals surface area contributed by atoms with Crippen LogP contribution >= 0.6 is 0 Å². The zero-order valence-corrected chi connectivity index (χ0v) is 26.0. The van der Waals surface area contributed by atoms with Crippen LogP contribution in [0.25, 0.3) is 21.5 Å². The monoisotopic (exact) mass is 619 g/mol. The van der Waals surface area contributed by atoms with Gasteiger partial charge >= 0.3 is 11.9 Å². The van der Waals surface area contributed by atoms with E-state index in [1.165, 1.54) is 0 Å². The van der Waals surface area contributed by atoms with E-state index < -0.39 is 0 Å². The van der Waals surface area contributed by atoms with E-state index in [4.69, 9.17) is 11.5 Å². The van der Waals surface area contributed by atoms with Crippen LogP contribution < -0.4 is 20.9 Å². The van der Waals surface area contributed by atoms with Crippen LogP contribution in [-0.4, -0.2) is 38.9 Å². The number of nitrogens with zero attached hydrogens (tertiary/aromatic N) is 7. The van der Waals surface area contributed by atoms with E-state index >= 15 is 0 Å². The number of anilines is 2. The minimum atomic E-state index is 0.162. The highest BCUT2D eigenvalue weighted by molar-refractivity contribution is 6.01. The Bertz CT molecular complexity index is 2040. The highest BCUT2D eigenvalue weighted by atomic mass is 16.3. The molecule has 1 aliphatic heterocycles. The molecule has 6 rings (SSSR count). The number of unbranched alkanes of at least 4 members (excludes halogenated alkanes) is 3. The van der Waals surface area contributed by atoms with Gasteiger partial charge in [0.25, 0.3) is 0 Å². The SMILES string of the molecule is C[N+]1=C(N=Nc2ccc(N)c3cc(O)ccc23)[NH+](CCCCCCn2cc[n+](C)c2N=Nc2ccc(N)c3cc(O)ccc23)C=C1. The maximum Gasteiger partial charge on any atom is 0.524 e. The van der Waals surface area contributed by atoms with Gasteiger partial charge in [-0.15, -0.1) is 0 Å². The molecule has 0 fully saturated rings. The number of rotatable bonds is 10. The van der Waals surface area contributed by atoms with Crippen LogP contribution in [0.3, 0.4) is 0 Å². The lowest BCUT2D eigenvalue weighted by molar-refractivity contribution is -0.760. The third-order valence-electron chi connectivity index (χ3n) is 8.28. The second-order valence-corrected chi connectivity index (χ2v) is 11.5. The molecule has 0 saturated carbocycles. The van der Waals surface area contributed by atoms with Gasteiger partial charge in [0.05, 0.1) is 39.6 Å². The van der Waals surface area contributed by atoms with Crippen molar-refractivity contribution in [2.45, 2.75) is 32.2 Å². The number of nitrogens with one attached hydrogen (secondary N) is 1. The molecule has 7 N–H and O–H groups in total. The maximum absolute atomic E-state index is 9.88. The van der Waals surface area contributed by atoms with Gasteiger partial charge in [-0.3, -0.25) is 0 Å². The molecule has 5 aromatic rings. The highest BCUT2D eigenvalue weighted by Crippen LogP contribution is 2.34. The Hall–Kier alpha value is -5.62. The molecule has 0 amide bonds. The fourth-order valence-corrected chi connectivity index (χ4v) is 5.73. The number of nitrogen functional groups attached to an aromatic ring is 2. The predicted octanol–water partition coefficient (Wildman–Crippen LogP) is 5.32. The number of benzene rings is 4. The lowest BCUT2D eigenvalue weighted by Gasteiger charge is -2.06. The van der Waals surface area contributed by atoms with Gasteiger partial charge in [-0.1, -0.05) is 11.5 Å². The Balaban J connectivity index is 1.02. The summed E-state index contributed by atoms with van der Waals surface area (Å²) < 4.78 is 6.06. The van der Waals surface area contributed by atoms with Crippen molar-refractivity contribution in [3.05, 3.63) is 85.5 Å². The van der Waals surface area contributed by atoms with Crippen LogP contribution in [0.2, 0.25) is 0 Å². The van der Waals surface area contributed by atoms with Crippen molar-refractivity contribution in [3.63, 3.8) is 0 Å². The second kappa shape index (κ2) is 13.2. The van der Waals surface area contributed by atoms with E-state index in [9.17, 15) is 10.2 Å². The average molecular weight is 620 g/mol. The molecule has 0 bridgehead atoms. The molecule has 0 saturated heterocycles. The molecule has 0 radical (unpaired) electrons. The molecule has 2 heterocycles. The van der Waals surface area contributed by atoms with Gasteiger partial charge in [0.1, 0.15) is 40.4 Å². The van der Waals surface area contributed by atoms with Crippen molar-refractivity contribution in [1.82, 2.24) is 4.57 Å². The predicted molar refractivity (Wildman–Crippen MR) is 179 cm³/mol. The van der Waals surface area contributed by atoms with E-state index in [1.807, 2.05) is 66.1 Å². The number of hydrogen-bond donors (Lipinski definition) is 5. The first-order valence-corrected chi connectivity index (χ1v) is 15.3. The Labute approximate surface area is 266 Å². The van der Waals surface area contributed by atoms with Gasteiger partial charge in [0.15, 0.2) is 0 Å². The largest absolute Gasteiger partial charge is 0.524 e. The first kappa shape index (κ1) is 30.4. The van der Waals surface area contributed by atoms with Crippen molar-refractivity contribution in [3.8, 4) is 11.5 Å². The molecular weight excluding hydrogens is 580 g/mol. The van der Waals surface area contributed by atoms with Gasteiger partial charge in [0.2, 0.25) is 0 Å². The fraction of sp³-hybridized carbons (Fsp3) is 0.235. The first-order valence-electron chi connectivity index (χ1n) is 15.3. The number of azo groups is 2. The molecule has 12 nitrogen and oxygen atoms in total. The summed E-state index contributed by atoms with van der Waals surface area (Å²) in [6, 6.07) is 17.4. The number of aryl methyl sites for hydroxylation is 2. The molecule has 4 aromatic carbocycles. The third-order valence-corrected chi connectivity index (χ3v) is 8.28. The average Bonchev–Trinajstić information content (AvgIpc) is 3.58. The lowest BCUT2D eigenvalue weighted by Crippen LogP contribution is -3.09. The van der Waals surface area contributed by atoms with E-state index in [-0.39, 0.29) is 11.5 Å². The number of phenolic OH excluding ortho intramolecular Hbond substituents is 2. The van der Waals surface area contributed by atoms with Crippen LogP contribution in [0, 0.1) is 0 Å². The van der Waals surface area contributed by atoms with E-state index in [2.05, 4.69) is 31.2 Å². The Morgan fingerprint density at radius 3 is 1.98 bits per heavy atom. The van der Waals surface area contributed by atoms with Crippen molar-refractivity contribution in [2.75, 3.05) is 25.1 Å². The van der Waals surface area contributed by atoms with Crippen LogP contribution in [0.4, 0.5) is 28.7 Å². The normalized spacial score (nSPS) is 15.0. The fourth-order valence-electron chi connectivity index (χ4n) is 5.73. The number of nitrogens with two attached hydrogens (primary N) is 2. The molecule has 234 valence electrons. The van der Waals surface area contributed by atoms with Crippen LogP contribution in [0.5, 0.6) is 11.5 Å². The summed E-state index contributed by atoms with van der Waals surface area (Å²) in [5.74, 6) is 1.92. The standard InChI is InChI=1S/C34H36N10O2/c1-41-17-19-43(33(41)39-37-31-13-11-29(35)27-21-23(45)7-9-25(27)31)15-5-3-4-6-16-44-20-18-42(2)34(44)40-38-32-14-12-30(36)28-22-24(46)8-10-26(28)32/h7-14,17-22,35-36H,3-6,15-16H2,1-2H3,(H2,37,38,45,46)/p+3. The van der Waals surface area contributed by atoms with Gasteiger partial charge in [-0.25, -0.2) is 9.13 Å². The molecule has 1 aliphatic rings. The summed E-state index contributed by atoms with van der Waals surface area (Å²) in [7, 11) is 3.93. The number of imidazole rings is 1. The van der Waals surface area contributed by atoms with Crippen LogP contribution in [-0.2, 0) is 13.6 Å². The lowest BCUT2D eigenvalue weighted by atomic mass is 10.1. The molecule has 1 atom stereocenters.